The van der Waals surface area contributed by atoms with Crippen molar-refractivity contribution in [2.24, 2.45) is 0 Å². The van der Waals surface area contributed by atoms with Gasteiger partial charge in [0.2, 0.25) is 6.71 Å². The number of nitrogens with zero attached hydrogens (tertiary/aromatic N) is 3. The normalized spacial score (nSPS) is 13.3. The van der Waals surface area contributed by atoms with Crippen molar-refractivity contribution >= 4 is 72.4 Å². The Kier molecular flexibility index (Phi) is 13.8. The molecule has 0 fully saturated rings. The number of pyridine rings is 1. The van der Waals surface area contributed by atoms with Crippen LogP contribution >= 0.6 is 0 Å². The first-order chi connectivity index (χ1) is 37.1. The van der Waals surface area contributed by atoms with Gasteiger partial charge in [-0.2, -0.15) is 0 Å². The predicted molar refractivity (Wildman–Crippen MR) is 347 cm³/mol. The summed E-state index contributed by atoms with van der Waals surface area (Å²) in [6.45, 7) is 47.8. The summed E-state index contributed by atoms with van der Waals surface area (Å²) in [5, 5.41) is 3.83. The molecule has 0 bridgehead atoms. The minimum atomic E-state index is -0.206. The number of hydrogen-bond acceptors (Lipinski definition) is 2. The van der Waals surface area contributed by atoms with Gasteiger partial charge in [-0.05, 0) is 167 Å². The molecule has 9 aromatic rings. The summed E-state index contributed by atoms with van der Waals surface area (Å²) < 4.78 is 4.91. The largest absolute Gasteiger partial charge is 0.311 e. The van der Waals surface area contributed by atoms with E-state index in [2.05, 4.69) is 271 Å². The standard InChI is InChI=1S/C74H82BN3O/c1-20-22-25-48(6)76(49(7)26-23-21-2)65-27-24-28-66(77-61-33-29-51(71(8,9)10)41-55(61)56-42-52(72(11,12)13)30-34-62(56)77)67(65)50-39-58-69-60(40-50)75(68-46(4)37-45(3)38-47(68)5)59-44-54(74(17,18)19)32-36-64(59)78(69)63-35-31-53(73(14,15)16)43-57(63)70(58)79/h22-44H,6-7,20-21H2,1-5,8-19H3/b25-22-,26-23-. The molecule has 0 N–H and O–H groups in total. The van der Waals surface area contributed by atoms with E-state index in [4.69, 9.17) is 13.2 Å². The Hall–Kier alpha value is -7.37. The van der Waals surface area contributed by atoms with Gasteiger partial charge in [0.05, 0.1) is 33.4 Å². The molecule has 1 aliphatic heterocycles. The first-order valence-electron chi connectivity index (χ1n) is 28.8. The van der Waals surface area contributed by atoms with Gasteiger partial charge in [-0.15, -0.1) is 0 Å². The average molecular weight is 1040 g/mol. The third kappa shape index (κ3) is 9.55. The fourth-order valence-corrected chi connectivity index (χ4v) is 12.5. The highest BCUT2D eigenvalue weighted by atomic mass is 16.1. The van der Waals surface area contributed by atoms with Crippen LogP contribution < -0.4 is 26.7 Å². The zero-order chi connectivity index (χ0) is 57.0. The van der Waals surface area contributed by atoms with Gasteiger partial charge in [0.25, 0.3) is 0 Å². The molecular formula is C74H82BN3O. The number of aryl methyl sites for hydroxylation is 3. The lowest BCUT2D eigenvalue weighted by atomic mass is 9.34. The van der Waals surface area contributed by atoms with E-state index in [1.54, 1.807) is 0 Å². The zero-order valence-corrected chi connectivity index (χ0v) is 50.4. The van der Waals surface area contributed by atoms with E-state index in [1.807, 2.05) is 0 Å². The maximum Gasteiger partial charge on any atom is 0.247 e. The lowest BCUT2D eigenvalue weighted by Gasteiger charge is -2.34. The van der Waals surface area contributed by atoms with Gasteiger partial charge in [-0.1, -0.05) is 199 Å². The fraction of sp³-hybridized carbons (Fsp3) is 0.311. The number of benzene rings is 7. The van der Waals surface area contributed by atoms with Crippen molar-refractivity contribution in [2.75, 3.05) is 4.90 Å². The number of hydrogen-bond donors (Lipinski definition) is 0. The number of fused-ring (bicyclic) bond motifs is 7. The van der Waals surface area contributed by atoms with Crippen LogP contribution in [-0.2, 0) is 21.7 Å². The Labute approximate surface area is 472 Å². The van der Waals surface area contributed by atoms with Crippen molar-refractivity contribution in [1.29, 1.82) is 0 Å². The van der Waals surface area contributed by atoms with Crippen LogP contribution in [-0.4, -0.2) is 15.8 Å². The average Bonchev–Trinajstić information content (AvgIpc) is 2.60. The molecule has 3 heterocycles. The van der Waals surface area contributed by atoms with Crippen molar-refractivity contribution < 1.29 is 0 Å². The van der Waals surface area contributed by atoms with Crippen LogP contribution in [0.25, 0.3) is 66.1 Å². The molecule has 0 amide bonds. The topological polar surface area (TPSA) is 30.2 Å². The van der Waals surface area contributed by atoms with E-state index >= 15 is 4.79 Å². The van der Waals surface area contributed by atoms with Crippen molar-refractivity contribution in [3.8, 4) is 22.5 Å². The van der Waals surface area contributed by atoms with Gasteiger partial charge in [-0.25, -0.2) is 0 Å². The summed E-state index contributed by atoms with van der Waals surface area (Å²) in [5.41, 5.74) is 22.5. The van der Waals surface area contributed by atoms with E-state index in [-0.39, 0.29) is 33.8 Å². The fourth-order valence-electron chi connectivity index (χ4n) is 12.5. The van der Waals surface area contributed by atoms with Gasteiger partial charge >= 0.3 is 0 Å². The molecule has 7 aromatic carbocycles. The number of aromatic nitrogens is 2. The monoisotopic (exact) mass is 1040 g/mol. The number of anilines is 1. The molecule has 402 valence electrons. The molecule has 2 aromatic heterocycles. The maximum atomic E-state index is 16.2. The summed E-state index contributed by atoms with van der Waals surface area (Å²) in [7, 11) is 0. The Morgan fingerprint density at radius 3 is 1.48 bits per heavy atom. The number of allylic oxidation sites excluding steroid dienone is 4. The van der Waals surface area contributed by atoms with Crippen LogP contribution in [0.15, 0.2) is 169 Å². The van der Waals surface area contributed by atoms with Crippen LogP contribution in [0.4, 0.5) is 5.69 Å². The smallest absolute Gasteiger partial charge is 0.247 e. The molecule has 5 heteroatoms. The van der Waals surface area contributed by atoms with E-state index in [0.717, 1.165) is 85.5 Å². The molecule has 0 unspecified atom stereocenters. The first-order valence-corrected chi connectivity index (χ1v) is 28.8. The molecule has 0 atom stereocenters. The van der Waals surface area contributed by atoms with Crippen molar-refractivity contribution in [3.05, 3.63) is 213 Å². The van der Waals surface area contributed by atoms with E-state index in [0.29, 0.717) is 10.8 Å². The Balaban J connectivity index is 1.45. The van der Waals surface area contributed by atoms with Crippen LogP contribution in [0.2, 0.25) is 0 Å². The van der Waals surface area contributed by atoms with Gasteiger partial charge in [0.1, 0.15) is 0 Å². The summed E-state index contributed by atoms with van der Waals surface area (Å²) in [6, 6.07) is 43.9. The lowest BCUT2D eigenvalue weighted by molar-refractivity contribution is 0.590. The van der Waals surface area contributed by atoms with E-state index in [9.17, 15) is 0 Å². The third-order valence-corrected chi connectivity index (χ3v) is 16.7. The molecule has 10 rings (SSSR count). The van der Waals surface area contributed by atoms with Crippen LogP contribution in [0, 0.1) is 20.8 Å². The molecule has 0 aliphatic carbocycles. The second kappa shape index (κ2) is 19.8. The summed E-state index contributed by atoms with van der Waals surface area (Å²) in [6.07, 6.45) is 10.3. The van der Waals surface area contributed by atoms with Crippen molar-refractivity contribution in [2.45, 2.75) is 152 Å². The molecule has 0 saturated heterocycles. The quantitative estimate of drug-likeness (QED) is 0.0776. The Bertz CT molecular complexity index is 4000. The van der Waals surface area contributed by atoms with Gasteiger partial charge < -0.3 is 14.0 Å². The summed E-state index contributed by atoms with van der Waals surface area (Å²) in [4.78, 5) is 18.4. The highest BCUT2D eigenvalue weighted by Crippen LogP contribution is 2.45. The summed E-state index contributed by atoms with van der Waals surface area (Å²) in [5.74, 6) is 0. The van der Waals surface area contributed by atoms with Crippen molar-refractivity contribution in [3.63, 3.8) is 0 Å². The van der Waals surface area contributed by atoms with E-state index < -0.39 is 0 Å². The molecule has 1 aliphatic rings. The van der Waals surface area contributed by atoms with Gasteiger partial charge in [-0.3, -0.25) is 4.79 Å². The molecule has 0 spiro atoms. The van der Waals surface area contributed by atoms with Gasteiger partial charge in [0, 0.05) is 44.2 Å². The SMILES string of the molecule is C=C(/C=C\CC)N(C(=C)/C=C\CC)c1cccc(-n2c3ccc(C(C)(C)C)cc3c3cc(C(C)(C)C)ccc32)c1-c1cc2c3c(c1)c(=O)c1cc(C(C)(C)C)ccc1n3-c1ccc(C(C)(C)C)cc1B2c1c(C)cc(C)cc1C. The van der Waals surface area contributed by atoms with E-state index in [1.165, 1.54) is 55.1 Å². The summed E-state index contributed by atoms with van der Waals surface area (Å²) >= 11 is 0. The van der Waals surface area contributed by atoms with Crippen LogP contribution in [0.3, 0.4) is 0 Å². The minimum absolute atomic E-state index is 0.0315. The molecule has 0 radical (unpaired) electrons. The highest BCUT2D eigenvalue weighted by molar-refractivity contribution is 6.98. The Morgan fingerprint density at radius 1 is 0.519 bits per heavy atom. The third-order valence-electron chi connectivity index (χ3n) is 16.7. The van der Waals surface area contributed by atoms with Gasteiger partial charge in [0.15, 0.2) is 5.43 Å². The maximum absolute atomic E-state index is 16.2. The lowest BCUT2D eigenvalue weighted by Crippen LogP contribution is -2.58. The molecular weight excluding hydrogens is 958 g/mol. The minimum Gasteiger partial charge on any atom is -0.311 e. The Morgan fingerprint density at radius 2 is 0.987 bits per heavy atom. The first kappa shape index (κ1) is 55.0. The predicted octanol–water partition coefficient (Wildman–Crippen LogP) is 17.6. The van der Waals surface area contributed by atoms with Crippen LogP contribution in [0.5, 0.6) is 0 Å². The molecule has 79 heavy (non-hydrogen) atoms. The number of rotatable bonds is 10. The molecule has 4 nitrogen and oxygen atoms in total. The zero-order valence-electron chi connectivity index (χ0n) is 50.4. The highest BCUT2D eigenvalue weighted by Gasteiger charge is 2.38. The second-order valence-corrected chi connectivity index (χ2v) is 26.8. The van der Waals surface area contributed by atoms with Crippen molar-refractivity contribution in [1.82, 2.24) is 9.13 Å². The molecule has 0 saturated carbocycles. The van der Waals surface area contributed by atoms with Crippen LogP contribution in [0.1, 0.15) is 149 Å². The second-order valence-electron chi connectivity index (χ2n) is 26.8.